The van der Waals surface area contributed by atoms with E-state index in [-0.39, 0.29) is 12.1 Å². The average molecular weight is 271 g/mol. The van der Waals surface area contributed by atoms with Crippen LogP contribution in [-0.2, 0) is 0 Å². The average Bonchev–Trinajstić information content (AvgIpc) is 2.43. The molecule has 0 bridgehead atoms. The van der Waals surface area contributed by atoms with E-state index in [1.54, 1.807) is 12.4 Å². The first-order chi connectivity index (χ1) is 9.58. The quantitative estimate of drug-likeness (QED) is 0.815. The standard InChI is InChI=1S/C16H21N3O/c1-11(2)20-15-6-4-5-14(16(15)17)19-12(3)13-7-9-18-10-8-13/h4-12,19H,17H2,1-3H3. The number of anilines is 2. The SMILES string of the molecule is CC(C)Oc1cccc(NC(C)c2ccncc2)c1N. The van der Waals surface area contributed by atoms with Crippen molar-refractivity contribution in [2.45, 2.75) is 32.9 Å². The lowest BCUT2D eigenvalue weighted by Gasteiger charge is -2.19. The minimum absolute atomic E-state index is 0.102. The van der Waals surface area contributed by atoms with Crippen molar-refractivity contribution < 1.29 is 4.74 Å². The third-order valence-electron chi connectivity index (χ3n) is 3.01. The lowest BCUT2D eigenvalue weighted by Crippen LogP contribution is -2.11. The maximum absolute atomic E-state index is 6.16. The van der Waals surface area contributed by atoms with Crippen molar-refractivity contribution in [1.82, 2.24) is 4.98 Å². The van der Waals surface area contributed by atoms with Gasteiger partial charge >= 0.3 is 0 Å². The third-order valence-corrected chi connectivity index (χ3v) is 3.01. The number of benzene rings is 1. The largest absolute Gasteiger partial charge is 0.489 e. The van der Waals surface area contributed by atoms with Gasteiger partial charge in [-0.25, -0.2) is 0 Å². The maximum atomic E-state index is 6.16. The van der Waals surface area contributed by atoms with Gasteiger partial charge in [0.2, 0.25) is 0 Å². The van der Waals surface area contributed by atoms with Crippen molar-refractivity contribution in [2.24, 2.45) is 0 Å². The van der Waals surface area contributed by atoms with E-state index < -0.39 is 0 Å². The first kappa shape index (κ1) is 14.2. The van der Waals surface area contributed by atoms with Gasteiger partial charge in [-0.2, -0.15) is 0 Å². The molecule has 0 saturated carbocycles. The summed E-state index contributed by atoms with van der Waals surface area (Å²) in [5.74, 6) is 0.715. The highest BCUT2D eigenvalue weighted by molar-refractivity contribution is 5.73. The van der Waals surface area contributed by atoms with Crippen LogP contribution in [0.2, 0.25) is 0 Å². The summed E-state index contributed by atoms with van der Waals surface area (Å²) in [6, 6.07) is 9.91. The minimum Gasteiger partial charge on any atom is -0.489 e. The third kappa shape index (κ3) is 3.41. The second-order valence-corrected chi connectivity index (χ2v) is 5.03. The van der Waals surface area contributed by atoms with Crippen LogP contribution in [0.5, 0.6) is 5.75 Å². The normalized spacial score (nSPS) is 12.2. The number of rotatable bonds is 5. The van der Waals surface area contributed by atoms with Crippen molar-refractivity contribution in [3.63, 3.8) is 0 Å². The maximum Gasteiger partial charge on any atom is 0.144 e. The fraction of sp³-hybridized carbons (Fsp3) is 0.312. The Labute approximate surface area is 120 Å². The molecule has 4 heteroatoms. The van der Waals surface area contributed by atoms with Crippen LogP contribution in [0, 0.1) is 0 Å². The number of hydrogen-bond acceptors (Lipinski definition) is 4. The summed E-state index contributed by atoms with van der Waals surface area (Å²) in [5, 5.41) is 3.41. The van der Waals surface area contributed by atoms with Crippen LogP contribution in [0.25, 0.3) is 0 Å². The Morgan fingerprint density at radius 2 is 1.80 bits per heavy atom. The smallest absolute Gasteiger partial charge is 0.144 e. The van der Waals surface area contributed by atoms with Gasteiger partial charge in [0.05, 0.1) is 17.5 Å². The van der Waals surface area contributed by atoms with Crippen LogP contribution in [0.1, 0.15) is 32.4 Å². The van der Waals surface area contributed by atoms with Crippen molar-refractivity contribution in [3.05, 3.63) is 48.3 Å². The molecule has 1 heterocycles. The van der Waals surface area contributed by atoms with Gasteiger partial charge in [0.1, 0.15) is 5.75 Å². The molecule has 1 aromatic carbocycles. The van der Waals surface area contributed by atoms with Gasteiger partial charge in [-0.3, -0.25) is 4.98 Å². The number of nitrogen functional groups attached to an aromatic ring is 1. The molecule has 0 radical (unpaired) electrons. The molecule has 0 amide bonds. The van der Waals surface area contributed by atoms with Crippen molar-refractivity contribution in [1.29, 1.82) is 0 Å². The molecule has 0 aliphatic carbocycles. The molecule has 0 aliphatic rings. The molecule has 20 heavy (non-hydrogen) atoms. The van der Waals surface area contributed by atoms with E-state index >= 15 is 0 Å². The molecule has 106 valence electrons. The molecule has 2 rings (SSSR count). The Morgan fingerprint density at radius 3 is 2.45 bits per heavy atom. The zero-order valence-corrected chi connectivity index (χ0v) is 12.1. The number of nitrogens with two attached hydrogens (primary N) is 1. The van der Waals surface area contributed by atoms with Gasteiger partial charge in [-0.1, -0.05) is 6.07 Å². The molecule has 0 saturated heterocycles. The molecule has 0 spiro atoms. The Kier molecular flexibility index (Phi) is 4.45. The zero-order valence-electron chi connectivity index (χ0n) is 12.1. The Bertz CT molecular complexity index is 555. The van der Waals surface area contributed by atoms with Crippen molar-refractivity contribution in [2.75, 3.05) is 11.1 Å². The van der Waals surface area contributed by atoms with E-state index in [2.05, 4.69) is 17.2 Å². The highest BCUT2D eigenvalue weighted by Gasteiger charge is 2.11. The lowest BCUT2D eigenvalue weighted by molar-refractivity contribution is 0.244. The summed E-state index contributed by atoms with van der Waals surface area (Å²) in [6.45, 7) is 6.06. The molecule has 3 N–H and O–H groups in total. The molecule has 1 atom stereocenters. The fourth-order valence-electron chi connectivity index (χ4n) is 2.00. The Balaban J connectivity index is 2.17. The van der Waals surface area contributed by atoms with Crippen LogP contribution in [0.4, 0.5) is 11.4 Å². The van der Waals surface area contributed by atoms with Gasteiger partial charge in [-0.15, -0.1) is 0 Å². The van der Waals surface area contributed by atoms with E-state index in [4.69, 9.17) is 10.5 Å². The number of nitrogens with one attached hydrogen (secondary N) is 1. The lowest BCUT2D eigenvalue weighted by atomic mass is 10.1. The summed E-state index contributed by atoms with van der Waals surface area (Å²) in [6.07, 6.45) is 3.68. The molecule has 1 unspecified atom stereocenters. The van der Waals surface area contributed by atoms with Gasteiger partial charge in [0.25, 0.3) is 0 Å². The second-order valence-electron chi connectivity index (χ2n) is 5.03. The highest BCUT2D eigenvalue weighted by atomic mass is 16.5. The van der Waals surface area contributed by atoms with Crippen LogP contribution in [0.3, 0.4) is 0 Å². The summed E-state index contributed by atoms with van der Waals surface area (Å²) in [4.78, 5) is 4.03. The molecule has 0 fully saturated rings. The minimum atomic E-state index is 0.102. The van der Waals surface area contributed by atoms with Gasteiger partial charge in [-0.05, 0) is 50.6 Å². The van der Waals surface area contributed by atoms with Gasteiger partial charge in [0, 0.05) is 18.4 Å². The van der Waals surface area contributed by atoms with Crippen LogP contribution in [0.15, 0.2) is 42.7 Å². The van der Waals surface area contributed by atoms with Crippen LogP contribution >= 0.6 is 0 Å². The summed E-state index contributed by atoms with van der Waals surface area (Å²) in [5.41, 5.74) is 8.84. The van der Waals surface area contributed by atoms with E-state index in [1.165, 1.54) is 0 Å². The Morgan fingerprint density at radius 1 is 1.10 bits per heavy atom. The first-order valence-electron chi connectivity index (χ1n) is 6.79. The summed E-state index contributed by atoms with van der Waals surface area (Å²) in [7, 11) is 0. The number of hydrogen-bond donors (Lipinski definition) is 2. The first-order valence-corrected chi connectivity index (χ1v) is 6.79. The predicted octanol–water partition coefficient (Wildman–Crippen LogP) is 3.62. The summed E-state index contributed by atoms with van der Waals surface area (Å²) >= 11 is 0. The number of nitrogens with zero attached hydrogens (tertiary/aromatic N) is 1. The number of pyridine rings is 1. The molecule has 2 aromatic rings. The molecule has 0 aliphatic heterocycles. The van der Waals surface area contributed by atoms with E-state index in [0.717, 1.165) is 11.3 Å². The Hall–Kier alpha value is -2.23. The van der Waals surface area contributed by atoms with E-state index in [9.17, 15) is 0 Å². The van der Waals surface area contributed by atoms with Gasteiger partial charge in [0.15, 0.2) is 0 Å². The highest BCUT2D eigenvalue weighted by Crippen LogP contribution is 2.32. The molecular weight excluding hydrogens is 250 g/mol. The number of para-hydroxylation sites is 1. The molecular formula is C16H21N3O. The van der Waals surface area contributed by atoms with E-state index in [0.29, 0.717) is 11.4 Å². The predicted molar refractivity (Wildman–Crippen MR) is 82.9 cm³/mol. The van der Waals surface area contributed by atoms with Crippen molar-refractivity contribution in [3.8, 4) is 5.75 Å². The van der Waals surface area contributed by atoms with Crippen LogP contribution < -0.4 is 15.8 Å². The van der Waals surface area contributed by atoms with Gasteiger partial charge < -0.3 is 15.8 Å². The summed E-state index contributed by atoms with van der Waals surface area (Å²) < 4.78 is 5.70. The fourth-order valence-corrected chi connectivity index (χ4v) is 2.00. The van der Waals surface area contributed by atoms with Crippen molar-refractivity contribution >= 4 is 11.4 Å². The van der Waals surface area contributed by atoms with E-state index in [1.807, 2.05) is 44.2 Å². The number of ether oxygens (including phenoxy) is 1. The number of aromatic nitrogens is 1. The zero-order chi connectivity index (χ0) is 14.5. The molecule has 1 aromatic heterocycles. The second kappa shape index (κ2) is 6.28. The molecule has 4 nitrogen and oxygen atoms in total. The monoisotopic (exact) mass is 271 g/mol. The van der Waals surface area contributed by atoms with Crippen LogP contribution in [-0.4, -0.2) is 11.1 Å². The topological polar surface area (TPSA) is 60.2 Å².